The fourth-order valence-corrected chi connectivity index (χ4v) is 2.00. The van der Waals surface area contributed by atoms with Gasteiger partial charge in [-0.25, -0.2) is 0 Å². The minimum absolute atomic E-state index is 0.145. The van der Waals surface area contributed by atoms with E-state index < -0.39 is 0 Å². The largest absolute Gasteiger partial charge is 0.458 e. The molecule has 0 unspecified atom stereocenters. The summed E-state index contributed by atoms with van der Waals surface area (Å²) < 4.78 is 11.9. The van der Waals surface area contributed by atoms with E-state index in [9.17, 15) is 0 Å². The van der Waals surface area contributed by atoms with Crippen molar-refractivity contribution in [2.24, 2.45) is 5.16 Å². The van der Waals surface area contributed by atoms with Gasteiger partial charge in [0.1, 0.15) is 7.11 Å². The van der Waals surface area contributed by atoms with Gasteiger partial charge in [0.15, 0.2) is 0 Å². The van der Waals surface area contributed by atoms with E-state index >= 15 is 0 Å². The molecule has 4 nitrogen and oxygen atoms in total. The third-order valence-corrected chi connectivity index (χ3v) is 3.73. The van der Waals surface area contributed by atoms with Crippen LogP contribution in [0.15, 0.2) is 5.16 Å². The first-order valence-corrected chi connectivity index (χ1v) is 6.77. The maximum Gasteiger partial charge on any atom is 0.458 e. The minimum atomic E-state index is -0.249. The van der Waals surface area contributed by atoms with E-state index in [4.69, 9.17) is 14.1 Å². The first kappa shape index (κ1) is 15.5. The van der Waals surface area contributed by atoms with Crippen LogP contribution >= 0.6 is 0 Å². The van der Waals surface area contributed by atoms with E-state index in [0.717, 1.165) is 31.3 Å². The lowest BCUT2D eigenvalue weighted by atomic mass is 9.81. The fraction of sp³-hybridized carbons (Fsp3) is 0.923. The second kappa shape index (κ2) is 6.07. The molecule has 0 radical (unpaired) electrons. The summed E-state index contributed by atoms with van der Waals surface area (Å²) in [5.74, 6) is 0. The molecule has 0 saturated carbocycles. The van der Waals surface area contributed by atoms with E-state index in [2.05, 4.69) is 39.8 Å². The molecule has 0 atom stereocenters. The molecule has 0 bridgehead atoms. The summed E-state index contributed by atoms with van der Waals surface area (Å²) in [6.07, 6.45) is 3.73. The molecule has 0 aliphatic carbocycles. The van der Waals surface area contributed by atoms with Gasteiger partial charge < -0.3 is 14.1 Å². The molecule has 1 fully saturated rings. The van der Waals surface area contributed by atoms with Crippen molar-refractivity contribution in [2.45, 2.75) is 71.4 Å². The molecule has 18 heavy (non-hydrogen) atoms. The molecule has 0 aromatic rings. The molecule has 1 saturated heterocycles. The average molecular weight is 255 g/mol. The molecule has 1 aliphatic rings. The molecule has 0 aromatic heterocycles. The van der Waals surface area contributed by atoms with Crippen molar-refractivity contribution in [1.82, 2.24) is 0 Å². The smallest absolute Gasteiger partial charge is 0.403 e. The lowest BCUT2D eigenvalue weighted by molar-refractivity contribution is 0.00578. The van der Waals surface area contributed by atoms with Gasteiger partial charge in [0.25, 0.3) is 0 Å². The lowest BCUT2D eigenvalue weighted by Crippen LogP contribution is -2.41. The molecule has 1 heterocycles. The molecule has 0 amide bonds. The Bertz CT molecular complexity index is 287. The molecule has 0 N–H and O–H groups in total. The Labute approximate surface area is 111 Å². The van der Waals surface area contributed by atoms with Crippen LogP contribution in [0.1, 0.15) is 53.9 Å². The normalized spacial score (nSPS) is 22.3. The van der Waals surface area contributed by atoms with Crippen LogP contribution in [0, 0.1) is 0 Å². The van der Waals surface area contributed by atoms with Crippen LogP contribution in [-0.4, -0.2) is 31.1 Å². The number of hydrogen-bond donors (Lipinski definition) is 0. The van der Waals surface area contributed by atoms with Crippen molar-refractivity contribution in [3.8, 4) is 0 Å². The van der Waals surface area contributed by atoms with Gasteiger partial charge in [-0.1, -0.05) is 18.5 Å². The van der Waals surface area contributed by atoms with Crippen LogP contribution in [0.2, 0.25) is 6.32 Å². The van der Waals surface area contributed by atoms with E-state index in [0.29, 0.717) is 0 Å². The zero-order chi connectivity index (χ0) is 13.8. The van der Waals surface area contributed by atoms with E-state index in [1.165, 1.54) is 0 Å². The summed E-state index contributed by atoms with van der Waals surface area (Å²) in [6, 6.07) is 0. The molecule has 0 spiro atoms. The Morgan fingerprint density at radius 3 is 2.11 bits per heavy atom. The summed E-state index contributed by atoms with van der Waals surface area (Å²) in [6.45, 7) is 10.4. The predicted octanol–water partition coefficient (Wildman–Crippen LogP) is 3.27. The van der Waals surface area contributed by atoms with E-state index in [-0.39, 0.29) is 18.3 Å². The molecule has 1 aliphatic heterocycles. The first-order chi connectivity index (χ1) is 8.32. The summed E-state index contributed by atoms with van der Waals surface area (Å²) in [5.41, 5.74) is 0.580. The summed E-state index contributed by atoms with van der Waals surface area (Å²) >= 11 is 0. The third kappa shape index (κ3) is 3.72. The average Bonchev–Trinajstić information content (AvgIpc) is 2.45. The van der Waals surface area contributed by atoms with Gasteiger partial charge in [0.2, 0.25) is 0 Å². The molecular formula is C13H26BNO3. The van der Waals surface area contributed by atoms with Crippen LogP contribution in [0.3, 0.4) is 0 Å². The summed E-state index contributed by atoms with van der Waals surface area (Å²) in [4.78, 5) is 4.86. The topological polar surface area (TPSA) is 40.0 Å². The molecule has 104 valence electrons. The highest BCUT2D eigenvalue weighted by molar-refractivity contribution is 6.45. The number of hydrogen-bond acceptors (Lipinski definition) is 4. The number of rotatable bonds is 6. The molecular weight excluding hydrogens is 229 g/mol. The Balaban J connectivity index is 2.48. The summed E-state index contributed by atoms with van der Waals surface area (Å²) in [7, 11) is 1.44. The second-order valence-corrected chi connectivity index (χ2v) is 5.81. The van der Waals surface area contributed by atoms with Crippen molar-refractivity contribution < 1.29 is 14.1 Å². The van der Waals surface area contributed by atoms with Gasteiger partial charge in [-0.05, 0) is 46.9 Å². The van der Waals surface area contributed by atoms with Crippen LogP contribution < -0.4 is 0 Å². The van der Waals surface area contributed by atoms with Crippen molar-refractivity contribution in [3.63, 3.8) is 0 Å². The SMILES string of the molecule is CCC/C(CCB1OC(C)(C)C(C)(C)O1)=N/OC. The monoisotopic (exact) mass is 255 g/mol. The van der Waals surface area contributed by atoms with Gasteiger partial charge in [0, 0.05) is 0 Å². The number of oxime groups is 1. The van der Waals surface area contributed by atoms with Crippen molar-refractivity contribution in [2.75, 3.05) is 7.11 Å². The van der Waals surface area contributed by atoms with Gasteiger partial charge in [0.05, 0.1) is 16.9 Å². The number of nitrogens with zero attached hydrogens (tertiary/aromatic N) is 1. The van der Waals surface area contributed by atoms with Crippen molar-refractivity contribution in [1.29, 1.82) is 0 Å². The lowest BCUT2D eigenvalue weighted by Gasteiger charge is -2.32. The van der Waals surface area contributed by atoms with E-state index in [1.807, 2.05) is 0 Å². The van der Waals surface area contributed by atoms with Gasteiger partial charge in [-0.3, -0.25) is 0 Å². The fourth-order valence-electron chi connectivity index (χ4n) is 2.00. The minimum Gasteiger partial charge on any atom is -0.403 e. The highest BCUT2D eigenvalue weighted by Crippen LogP contribution is 2.38. The van der Waals surface area contributed by atoms with Crippen molar-refractivity contribution >= 4 is 12.8 Å². The maximum absolute atomic E-state index is 5.95. The highest BCUT2D eigenvalue weighted by Gasteiger charge is 2.50. The van der Waals surface area contributed by atoms with Gasteiger partial charge in [-0.15, -0.1) is 0 Å². The Morgan fingerprint density at radius 2 is 1.67 bits per heavy atom. The van der Waals surface area contributed by atoms with Crippen LogP contribution in [-0.2, 0) is 14.1 Å². The molecule has 0 aromatic carbocycles. The standard InChI is InChI=1S/C13H26BNO3/c1-7-8-11(15-16-6)9-10-14-17-12(2,3)13(4,5)18-14/h7-10H2,1-6H3/b15-11-. The quantitative estimate of drug-likeness (QED) is 0.415. The molecule has 1 rings (SSSR count). The first-order valence-electron chi connectivity index (χ1n) is 6.77. The summed E-state index contributed by atoms with van der Waals surface area (Å²) in [5, 5.41) is 4.05. The second-order valence-electron chi connectivity index (χ2n) is 5.81. The van der Waals surface area contributed by atoms with Crippen molar-refractivity contribution in [3.05, 3.63) is 0 Å². The zero-order valence-corrected chi connectivity index (χ0v) is 12.6. The maximum atomic E-state index is 5.95. The van der Waals surface area contributed by atoms with Crippen LogP contribution in [0.25, 0.3) is 0 Å². The Hall–Kier alpha value is -0.545. The van der Waals surface area contributed by atoms with E-state index in [1.54, 1.807) is 7.11 Å². The predicted molar refractivity (Wildman–Crippen MR) is 74.9 cm³/mol. The van der Waals surface area contributed by atoms with Crippen LogP contribution in [0.5, 0.6) is 0 Å². The molecule has 5 heteroatoms. The third-order valence-electron chi connectivity index (χ3n) is 3.73. The highest BCUT2D eigenvalue weighted by atomic mass is 16.7. The van der Waals surface area contributed by atoms with Crippen LogP contribution in [0.4, 0.5) is 0 Å². The van der Waals surface area contributed by atoms with Gasteiger partial charge in [-0.2, -0.15) is 0 Å². The van der Waals surface area contributed by atoms with Gasteiger partial charge >= 0.3 is 7.12 Å². The Kier molecular flexibility index (Phi) is 5.23. The zero-order valence-electron chi connectivity index (χ0n) is 12.6. The Morgan fingerprint density at radius 1 is 1.11 bits per heavy atom.